The van der Waals surface area contributed by atoms with Crippen LogP contribution in [0.3, 0.4) is 0 Å². The monoisotopic (exact) mass is 394 g/mol. The lowest BCUT2D eigenvalue weighted by atomic mass is 9.85. The van der Waals surface area contributed by atoms with Crippen LogP contribution in [0.2, 0.25) is 5.02 Å². The second-order valence-electron chi connectivity index (χ2n) is 7.45. The summed E-state index contributed by atoms with van der Waals surface area (Å²) in [7, 11) is 1.51. The first kappa shape index (κ1) is 18.4. The highest BCUT2D eigenvalue weighted by atomic mass is 35.5. The Bertz CT molecular complexity index is 898. The van der Waals surface area contributed by atoms with E-state index in [0.29, 0.717) is 17.4 Å². The summed E-state index contributed by atoms with van der Waals surface area (Å²) >= 11 is 6.22. The van der Waals surface area contributed by atoms with E-state index in [9.17, 15) is 13.6 Å². The van der Waals surface area contributed by atoms with E-state index < -0.39 is 23.7 Å². The van der Waals surface area contributed by atoms with Gasteiger partial charge in [-0.15, -0.1) is 0 Å². The van der Waals surface area contributed by atoms with E-state index in [-0.39, 0.29) is 11.5 Å². The number of nitrogens with zero attached hydrogens (tertiary/aromatic N) is 2. The number of halogens is 3. The van der Waals surface area contributed by atoms with Crippen molar-refractivity contribution in [2.75, 3.05) is 0 Å². The maximum Gasteiger partial charge on any atom is 0.342 e. The number of carbonyl (C=O) groups is 1. The van der Waals surface area contributed by atoms with E-state index in [0.717, 1.165) is 30.4 Å². The molecule has 0 spiro atoms. The summed E-state index contributed by atoms with van der Waals surface area (Å²) in [5.41, 5.74) is 0.589. The number of ether oxygens (including phenoxy) is 1. The van der Waals surface area contributed by atoms with Crippen molar-refractivity contribution in [3.63, 3.8) is 0 Å². The fourth-order valence-corrected chi connectivity index (χ4v) is 5.15. The van der Waals surface area contributed by atoms with E-state index in [4.69, 9.17) is 16.3 Å². The van der Waals surface area contributed by atoms with Gasteiger partial charge in [-0.05, 0) is 42.9 Å². The topological polar surface area (TPSA) is 44.1 Å². The number of hydrogen-bond donors (Lipinski definition) is 0. The second kappa shape index (κ2) is 6.59. The van der Waals surface area contributed by atoms with Crippen LogP contribution < -0.4 is 0 Å². The van der Waals surface area contributed by atoms with Gasteiger partial charge in [-0.1, -0.05) is 31.0 Å². The van der Waals surface area contributed by atoms with E-state index in [2.05, 4.69) is 12.0 Å². The molecule has 0 radical (unpaired) electrons. The zero-order valence-corrected chi connectivity index (χ0v) is 16.0. The van der Waals surface area contributed by atoms with Crippen LogP contribution in [-0.4, -0.2) is 15.7 Å². The molecule has 0 amide bonds. The average Bonchev–Trinajstić information content (AvgIpc) is 3.24. The van der Waals surface area contributed by atoms with E-state index in [1.807, 2.05) is 18.2 Å². The van der Waals surface area contributed by atoms with Crippen LogP contribution in [0.5, 0.6) is 0 Å². The lowest BCUT2D eigenvalue weighted by molar-refractivity contribution is -0.0415. The summed E-state index contributed by atoms with van der Waals surface area (Å²) in [4.78, 5) is 12.9. The minimum Gasteiger partial charge on any atom is -0.450 e. The number of esters is 1. The van der Waals surface area contributed by atoms with E-state index >= 15 is 0 Å². The molecule has 7 heteroatoms. The van der Waals surface area contributed by atoms with Gasteiger partial charge in [-0.25, -0.2) is 13.6 Å². The molecule has 1 fully saturated rings. The molecule has 2 aromatic rings. The zero-order chi connectivity index (χ0) is 19.3. The van der Waals surface area contributed by atoms with E-state index in [1.54, 1.807) is 0 Å². The zero-order valence-electron chi connectivity index (χ0n) is 15.2. The summed E-state index contributed by atoms with van der Waals surface area (Å²) < 4.78 is 33.8. The molecular formula is C20H21ClF2N2O2. The van der Waals surface area contributed by atoms with Crippen LogP contribution in [0.1, 0.15) is 72.1 Å². The standard InChI is InChI=1S/C20H21ClF2N2O2/c1-3-4-15-13-7-8-20(15,16-9-11(21)5-6-12(13)16)27-19(26)14-10-25(2)24-17(14)18(22)23/h5-6,9-10,13,15,18H,3-4,7-8H2,1-2H3. The summed E-state index contributed by atoms with van der Waals surface area (Å²) in [6.45, 7) is 2.10. The van der Waals surface area contributed by atoms with Crippen molar-refractivity contribution in [1.82, 2.24) is 9.78 Å². The molecular weight excluding hydrogens is 374 g/mol. The number of alkyl halides is 2. The third-order valence-corrected chi connectivity index (χ3v) is 6.18. The highest BCUT2D eigenvalue weighted by Crippen LogP contribution is 2.63. The molecule has 1 heterocycles. The first-order chi connectivity index (χ1) is 12.9. The van der Waals surface area contributed by atoms with Crippen molar-refractivity contribution >= 4 is 17.6 Å². The fraction of sp³-hybridized carbons (Fsp3) is 0.500. The Morgan fingerprint density at radius 3 is 2.96 bits per heavy atom. The van der Waals surface area contributed by atoms with Crippen molar-refractivity contribution in [2.45, 2.75) is 50.6 Å². The minimum atomic E-state index is -2.83. The number of benzene rings is 1. The maximum absolute atomic E-state index is 13.3. The smallest absolute Gasteiger partial charge is 0.342 e. The molecule has 1 aromatic heterocycles. The second-order valence-corrected chi connectivity index (χ2v) is 7.89. The Kier molecular flexibility index (Phi) is 4.49. The Hall–Kier alpha value is -1.95. The number of aromatic nitrogens is 2. The van der Waals surface area contributed by atoms with Crippen LogP contribution in [0.4, 0.5) is 8.78 Å². The first-order valence-corrected chi connectivity index (χ1v) is 9.60. The van der Waals surface area contributed by atoms with Gasteiger partial charge in [0.05, 0.1) is 0 Å². The van der Waals surface area contributed by atoms with Gasteiger partial charge in [-0.2, -0.15) is 5.10 Å². The van der Waals surface area contributed by atoms with Crippen molar-refractivity contribution in [1.29, 1.82) is 0 Å². The number of carbonyl (C=O) groups excluding carboxylic acids is 1. The van der Waals surface area contributed by atoms with E-state index in [1.165, 1.54) is 17.9 Å². The molecule has 0 aliphatic heterocycles. The Morgan fingerprint density at radius 1 is 1.48 bits per heavy atom. The van der Waals surface area contributed by atoms with Gasteiger partial charge < -0.3 is 4.74 Å². The Morgan fingerprint density at radius 2 is 2.26 bits per heavy atom. The van der Waals surface area contributed by atoms with Crippen LogP contribution in [0.25, 0.3) is 0 Å². The molecule has 4 nitrogen and oxygen atoms in total. The molecule has 3 unspecified atom stereocenters. The number of hydrogen-bond acceptors (Lipinski definition) is 3. The minimum absolute atomic E-state index is 0.145. The summed E-state index contributed by atoms with van der Waals surface area (Å²) in [6.07, 6.45) is 1.93. The van der Waals surface area contributed by atoms with Gasteiger partial charge in [0.1, 0.15) is 16.9 Å². The van der Waals surface area contributed by atoms with Crippen molar-refractivity contribution in [3.8, 4) is 0 Å². The van der Waals surface area contributed by atoms with Crippen LogP contribution in [-0.2, 0) is 17.4 Å². The molecule has 27 heavy (non-hydrogen) atoms. The summed E-state index contributed by atoms with van der Waals surface area (Å²) in [6, 6.07) is 5.73. The highest BCUT2D eigenvalue weighted by molar-refractivity contribution is 6.30. The Balaban J connectivity index is 1.75. The SMILES string of the molecule is CCCC1C2CCC1(OC(=O)c1cn(C)nc1C(F)F)c1cc(Cl)ccc12. The number of rotatable bonds is 5. The molecule has 2 aliphatic rings. The van der Waals surface area contributed by atoms with Gasteiger partial charge in [0.15, 0.2) is 0 Å². The lowest BCUT2D eigenvalue weighted by Gasteiger charge is -2.33. The van der Waals surface area contributed by atoms with Gasteiger partial charge in [0.25, 0.3) is 6.43 Å². The molecule has 3 atom stereocenters. The maximum atomic E-state index is 13.3. The van der Waals surface area contributed by atoms with Gasteiger partial charge >= 0.3 is 5.97 Å². The molecule has 4 rings (SSSR count). The third-order valence-electron chi connectivity index (χ3n) is 5.94. The molecule has 0 saturated heterocycles. The quantitative estimate of drug-likeness (QED) is 0.640. The van der Waals surface area contributed by atoms with Crippen molar-refractivity contribution in [3.05, 3.63) is 51.8 Å². The van der Waals surface area contributed by atoms with Crippen LogP contribution >= 0.6 is 11.6 Å². The molecule has 2 bridgehead atoms. The fourth-order valence-electron chi connectivity index (χ4n) is 4.98. The largest absolute Gasteiger partial charge is 0.450 e. The molecule has 0 N–H and O–H groups in total. The van der Waals surface area contributed by atoms with Gasteiger partial charge in [0, 0.05) is 29.7 Å². The predicted octanol–water partition coefficient (Wildman–Crippen LogP) is 5.37. The number of fused-ring (bicyclic) bond motifs is 5. The Labute approximate surface area is 161 Å². The lowest BCUT2D eigenvalue weighted by Crippen LogP contribution is -2.34. The normalized spacial score (nSPS) is 25.9. The summed E-state index contributed by atoms with van der Waals surface area (Å²) in [5.74, 6) is -0.284. The van der Waals surface area contributed by atoms with Crippen molar-refractivity contribution in [2.24, 2.45) is 13.0 Å². The first-order valence-electron chi connectivity index (χ1n) is 9.22. The molecule has 144 valence electrons. The van der Waals surface area contributed by atoms with Gasteiger partial charge in [-0.3, -0.25) is 4.68 Å². The molecule has 2 aliphatic carbocycles. The highest BCUT2D eigenvalue weighted by Gasteiger charge is 2.59. The van der Waals surface area contributed by atoms with Crippen LogP contribution in [0, 0.1) is 5.92 Å². The predicted molar refractivity (Wildman–Crippen MR) is 97.1 cm³/mol. The number of aryl methyl sites for hydroxylation is 1. The molecule has 1 saturated carbocycles. The average molecular weight is 395 g/mol. The molecule has 1 aromatic carbocycles. The summed E-state index contributed by atoms with van der Waals surface area (Å²) in [5, 5.41) is 4.31. The van der Waals surface area contributed by atoms with Crippen LogP contribution in [0.15, 0.2) is 24.4 Å². The third kappa shape index (κ3) is 2.76. The van der Waals surface area contributed by atoms with Crippen molar-refractivity contribution < 1.29 is 18.3 Å². The van der Waals surface area contributed by atoms with Gasteiger partial charge in [0.2, 0.25) is 0 Å².